The van der Waals surface area contributed by atoms with E-state index in [1.54, 1.807) is 0 Å². The molecule has 0 aromatic rings. The average molecular weight is 171 g/mol. The van der Waals surface area contributed by atoms with Crippen molar-refractivity contribution < 1.29 is 0 Å². The highest BCUT2D eigenvalue weighted by molar-refractivity contribution is 4.93. The molecule has 0 aromatic carbocycles. The van der Waals surface area contributed by atoms with Crippen LogP contribution in [0.25, 0.3) is 0 Å². The van der Waals surface area contributed by atoms with Gasteiger partial charge in [0, 0.05) is 19.6 Å². The summed E-state index contributed by atoms with van der Waals surface area (Å²) < 4.78 is 0. The maximum absolute atomic E-state index is 5.96. The van der Waals surface area contributed by atoms with Gasteiger partial charge in [-0.25, -0.2) is 5.32 Å². The normalized spacial score (nSPS) is 25.8. The number of hydrogen-bond donors (Lipinski definition) is 3. The summed E-state index contributed by atoms with van der Waals surface area (Å²) in [7, 11) is 0. The molecule has 0 bridgehead atoms. The van der Waals surface area contributed by atoms with Crippen LogP contribution in [0.4, 0.5) is 0 Å². The Morgan fingerprint density at radius 3 is 2.83 bits per heavy atom. The molecule has 1 saturated heterocycles. The minimum absolute atomic E-state index is 0.159. The highest BCUT2D eigenvalue weighted by atomic mass is 15.1. The molecule has 1 unspecified atom stereocenters. The molecule has 4 heteroatoms. The lowest BCUT2D eigenvalue weighted by Crippen LogP contribution is -2.68. The van der Waals surface area contributed by atoms with E-state index in [1.165, 1.54) is 0 Å². The van der Waals surface area contributed by atoms with Gasteiger partial charge in [0.2, 0.25) is 0 Å². The predicted octanol–water partition coefficient (Wildman–Crippen LogP) is -1.02. The van der Waals surface area contributed by atoms with Crippen LogP contribution in [0.15, 0.2) is 0 Å². The van der Waals surface area contributed by atoms with Crippen LogP contribution in [0, 0.1) is 0 Å². The number of rotatable bonds is 3. The van der Waals surface area contributed by atoms with Crippen molar-refractivity contribution >= 4 is 0 Å². The second-order valence-electron chi connectivity index (χ2n) is 3.50. The van der Waals surface area contributed by atoms with Crippen molar-refractivity contribution in [2.45, 2.75) is 31.5 Å². The molecule has 0 aromatic heterocycles. The first-order valence-corrected chi connectivity index (χ1v) is 4.61. The van der Waals surface area contributed by atoms with Crippen molar-refractivity contribution in [3.05, 3.63) is 0 Å². The van der Waals surface area contributed by atoms with Gasteiger partial charge in [-0.2, -0.15) is 0 Å². The van der Waals surface area contributed by atoms with E-state index in [2.05, 4.69) is 17.6 Å². The minimum Gasteiger partial charge on any atom is -0.312 e. The standard InChI is InChI=1S/C8H19N4/c1-2-3-8(9,10)7-6-11-4-5-12-7/h7,12H,2-6,9-10H2,1H3. The van der Waals surface area contributed by atoms with Crippen molar-refractivity contribution in [3.8, 4) is 0 Å². The van der Waals surface area contributed by atoms with E-state index >= 15 is 0 Å². The molecule has 1 radical (unpaired) electrons. The van der Waals surface area contributed by atoms with E-state index in [0.29, 0.717) is 0 Å². The van der Waals surface area contributed by atoms with Gasteiger partial charge in [0.05, 0.1) is 11.7 Å². The molecule has 0 spiro atoms. The largest absolute Gasteiger partial charge is 0.312 e. The third-order valence-electron chi connectivity index (χ3n) is 2.30. The first kappa shape index (κ1) is 9.92. The van der Waals surface area contributed by atoms with E-state index in [9.17, 15) is 0 Å². The van der Waals surface area contributed by atoms with E-state index in [4.69, 9.17) is 11.5 Å². The molecule has 5 N–H and O–H groups in total. The Morgan fingerprint density at radius 2 is 2.33 bits per heavy atom. The fraction of sp³-hybridized carbons (Fsp3) is 1.00. The molecule has 1 aliphatic rings. The zero-order valence-electron chi connectivity index (χ0n) is 7.71. The predicted molar refractivity (Wildman–Crippen MR) is 49.7 cm³/mol. The Bertz CT molecular complexity index is 129. The SMILES string of the molecule is CCCC(N)(N)C1C[N]CCN1. The van der Waals surface area contributed by atoms with E-state index in [1.807, 2.05) is 0 Å². The van der Waals surface area contributed by atoms with E-state index in [0.717, 1.165) is 32.5 Å². The summed E-state index contributed by atoms with van der Waals surface area (Å²) in [6, 6.07) is 0.159. The molecule has 0 aliphatic carbocycles. The lowest BCUT2D eigenvalue weighted by molar-refractivity contribution is 0.250. The highest BCUT2D eigenvalue weighted by Gasteiger charge is 2.30. The summed E-state index contributed by atoms with van der Waals surface area (Å²) in [5.41, 5.74) is 11.3. The van der Waals surface area contributed by atoms with Crippen LogP contribution in [0.2, 0.25) is 0 Å². The van der Waals surface area contributed by atoms with Gasteiger partial charge in [-0.1, -0.05) is 13.3 Å². The lowest BCUT2D eigenvalue weighted by Gasteiger charge is -2.36. The molecular formula is C8H19N4. The zero-order chi connectivity index (χ0) is 9.03. The van der Waals surface area contributed by atoms with Crippen LogP contribution in [-0.2, 0) is 0 Å². The maximum atomic E-state index is 5.96. The molecule has 4 nitrogen and oxygen atoms in total. The second-order valence-corrected chi connectivity index (χ2v) is 3.50. The number of hydrogen-bond acceptors (Lipinski definition) is 3. The molecule has 1 rings (SSSR count). The Balaban J connectivity index is 2.41. The van der Waals surface area contributed by atoms with Crippen LogP contribution in [0.1, 0.15) is 19.8 Å². The van der Waals surface area contributed by atoms with Crippen LogP contribution >= 0.6 is 0 Å². The third kappa shape index (κ3) is 2.42. The minimum atomic E-state index is -0.585. The van der Waals surface area contributed by atoms with E-state index in [-0.39, 0.29) is 6.04 Å². The fourth-order valence-corrected chi connectivity index (χ4v) is 1.57. The molecular weight excluding hydrogens is 152 g/mol. The molecule has 0 amide bonds. The van der Waals surface area contributed by atoms with Crippen molar-refractivity contribution in [2.75, 3.05) is 19.6 Å². The zero-order valence-corrected chi connectivity index (χ0v) is 7.71. The molecule has 0 saturated carbocycles. The number of piperazine rings is 1. The highest BCUT2D eigenvalue weighted by Crippen LogP contribution is 2.09. The topological polar surface area (TPSA) is 78.2 Å². The third-order valence-corrected chi connectivity index (χ3v) is 2.30. The number of nitrogens with one attached hydrogen (secondary N) is 1. The van der Waals surface area contributed by atoms with Gasteiger partial charge in [-0.3, -0.25) is 0 Å². The van der Waals surface area contributed by atoms with Gasteiger partial charge in [0.25, 0.3) is 0 Å². The number of nitrogens with zero attached hydrogens (tertiary/aromatic N) is 1. The van der Waals surface area contributed by atoms with Gasteiger partial charge in [-0.05, 0) is 6.42 Å². The van der Waals surface area contributed by atoms with Crippen molar-refractivity contribution in [3.63, 3.8) is 0 Å². The quantitative estimate of drug-likeness (QED) is 0.475. The number of nitrogens with two attached hydrogens (primary N) is 2. The Hall–Kier alpha value is -0.160. The van der Waals surface area contributed by atoms with Crippen LogP contribution in [-0.4, -0.2) is 31.3 Å². The summed E-state index contributed by atoms with van der Waals surface area (Å²) in [6.45, 7) is 4.64. The molecule has 1 heterocycles. The van der Waals surface area contributed by atoms with Gasteiger partial charge in [0.15, 0.2) is 0 Å². The Morgan fingerprint density at radius 1 is 1.58 bits per heavy atom. The van der Waals surface area contributed by atoms with Gasteiger partial charge < -0.3 is 16.8 Å². The molecule has 71 valence electrons. The van der Waals surface area contributed by atoms with Gasteiger partial charge in [-0.15, -0.1) is 0 Å². The fourth-order valence-electron chi connectivity index (χ4n) is 1.57. The molecule has 1 aliphatic heterocycles. The van der Waals surface area contributed by atoms with Crippen LogP contribution in [0.3, 0.4) is 0 Å². The Kier molecular flexibility index (Phi) is 3.46. The lowest BCUT2D eigenvalue weighted by atomic mass is 9.96. The Labute approximate surface area is 74.1 Å². The van der Waals surface area contributed by atoms with Crippen LogP contribution in [0.5, 0.6) is 0 Å². The maximum Gasteiger partial charge on any atom is 0.0807 e. The molecule has 12 heavy (non-hydrogen) atoms. The summed E-state index contributed by atoms with van der Waals surface area (Å²) >= 11 is 0. The van der Waals surface area contributed by atoms with E-state index < -0.39 is 5.66 Å². The summed E-state index contributed by atoms with van der Waals surface area (Å²) in [5, 5.41) is 7.58. The smallest absolute Gasteiger partial charge is 0.0807 e. The molecule has 1 atom stereocenters. The summed E-state index contributed by atoms with van der Waals surface area (Å²) in [5.74, 6) is 0. The monoisotopic (exact) mass is 171 g/mol. The van der Waals surface area contributed by atoms with Crippen LogP contribution < -0.4 is 22.1 Å². The van der Waals surface area contributed by atoms with Crippen molar-refractivity contribution in [1.29, 1.82) is 0 Å². The second kappa shape index (κ2) is 4.18. The first-order chi connectivity index (χ1) is 5.67. The van der Waals surface area contributed by atoms with Crippen molar-refractivity contribution in [1.82, 2.24) is 10.6 Å². The summed E-state index contributed by atoms with van der Waals surface area (Å²) in [4.78, 5) is 0. The molecule has 1 fully saturated rings. The van der Waals surface area contributed by atoms with Gasteiger partial charge >= 0.3 is 0 Å². The van der Waals surface area contributed by atoms with Crippen molar-refractivity contribution in [2.24, 2.45) is 11.5 Å². The van der Waals surface area contributed by atoms with Gasteiger partial charge in [0.1, 0.15) is 0 Å². The first-order valence-electron chi connectivity index (χ1n) is 4.61. The summed E-state index contributed by atoms with van der Waals surface area (Å²) in [6.07, 6.45) is 1.87. The average Bonchev–Trinajstić information content (AvgIpc) is 2.06.